The number of anilines is 6. The van der Waals surface area contributed by atoms with Crippen molar-refractivity contribution in [2.75, 3.05) is 9.80 Å². The van der Waals surface area contributed by atoms with Gasteiger partial charge in [0.05, 0.1) is 22.7 Å². The van der Waals surface area contributed by atoms with Gasteiger partial charge >= 0.3 is 0 Å². The smallest absolute Gasteiger partial charge is 0.0620 e. The third kappa shape index (κ3) is 7.59. The van der Waals surface area contributed by atoms with Crippen LogP contribution in [-0.2, 0) is 5.41 Å². The summed E-state index contributed by atoms with van der Waals surface area (Å²) in [5, 5.41) is 4.62. The Morgan fingerprint density at radius 1 is 0.247 bits per heavy atom. The first kappa shape index (κ1) is 43.8. The van der Waals surface area contributed by atoms with E-state index in [0.29, 0.717) is 0 Å². The van der Waals surface area contributed by atoms with Gasteiger partial charge in [-0.05, 0) is 104 Å². The molecule has 0 aliphatic heterocycles. The fourth-order valence-corrected chi connectivity index (χ4v) is 11.6. The van der Waals surface area contributed by atoms with Crippen LogP contribution < -0.4 is 9.80 Å². The highest BCUT2D eigenvalue weighted by atomic mass is 15.2. The molecule has 0 saturated carbocycles. The quantitative estimate of drug-likeness (QED) is 0.0996. The van der Waals surface area contributed by atoms with Crippen molar-refractivity contribution < 1.29 is 0 Å². The fourth-order valence-electron chi connectivity index (χ4n) is 11.6. The predicted octanol–water partition coefficient (Wildman–Crippen LogP) is 19.9. The molecule has 1 aliphatic carbocycles. The van der Waals surface area contributed by atoms with Crippen molar-refractivity contribution in [3.05, 3.63) is 290 Å². The van der Waals surface area contributed by atoms with Gasteiger partial charge in [0.15, 0.2) is 0 Å². The van der Waals surface area contributed by atoms with Gasteiger partial charge < -0.3 is 9.80 Å². The topological polar surface area (TPSA) is 6.48 Å². The molecule has 0 unspecified atom stereocenters. The SMILES string of the molecule is CC1(C)c2ccccc2-c2cc3c(N(c4cccc(-c5ccccc5)c4)c4ccccc4-c4ccccc4)c4ccccc4c(N(c4cccc(-c5ccccc5)c4)c4ccccc4-c4ccccc4)c3cc21. The number of fused-ring (bicyclic) bond motifs is 5. The van der Waals surface area contributed by atoms with E-state index < -0.39 is 0 Å². The molecule has 12 aromatic rings. The van der Waals surface area contributed by atoms with E-state index in [4.69, 9.17) is 0 Å². The third-order valence-electron chi connectivity index (χ3n) is 15.0. The van der Waals surface area contributed by atoms with Crippen molar-refractivity contribution in [1.82, 2.24) is 0 Å². The lowest BCUT2D eigenvalue weighted by atomic mass is 9.81. The summed E-state index contributed by atoms with van der Waals surface area (Å²) in [5.41, 5.74) is 20.9. The molecule has 0 saturated heterocycles. The number of nitrogens with zero attached hydrogens (tertiary/aromatic N) is 2. The van der Waals surface area contributed by atoms with E-state index in [1.165, 1.54) is 38.8 Å². The number of para-hydroxylation sites is 2. The van der Waals surface area contributed by atoms with E-state index in [1.54, 1.807) is 0 Å². The van der Waals surface area contributed by atoms with Gasteiger partial charge in [-0.25, -0.2) is 0 Å². The molecule has 0 aromatic heterocycles. The Balaban J connectivity index is 1.20. The van der Waals surface area contributed by atoms with E-state index in [-0.39, 0.29) is 5.41 Å². The standard InChI is InChI=1S/C71H52N2/c1-71(2)65-42-20-17-39-59(65)62-47-63-64(48-66(62)71)70(73(56-36-24-34-54(46-56)50-27-9-4-10-28-50)68-44-22-19-38-58(68)52-31-13-6-14-32-52)61-41-16-15-40-60(61)69(63)72(55-35-23-33-53(45-55)49-25-7-3-8-26-49)67-43-21-18-37-57(67)51-29-11-5-12-30-51/h3-48H,1-2H3. The summed E-state index contributed by atoms with van der Waals surface area (Å²) in [6, 6.07) is 103. The molecule has 0 bridgehead atoms. The van der Waals surface area contributed by atoms with Gasteiger partial charge in [-0.3, -0.25) is 0 Å². The van der Waals surface area contributed by atoms with E-state index in [2.05, 4.69) is 303 Å². The Hall–Kier alpha value is -9.24. The molecule has 2 heteroatoms. The Kier molecular flexibility index (Phi) is 10.9. The van der Waals surface area contributed by atoms with E-state index >= 15 is 0 Å². The van der Waals surface area contributed by atoms with Crippen LogP contribution in [0.1, 0.15) is 25.0 Å². The lowest BCUT2D eigenvalue weighted by molar-refractivity contribution is 0.661. The van der Waals surface area contributed by atoms with Gasteiger partial charge in [-0.15, -0.1) is 0 Å². The van der Waals surface area contributed by atoms with E-state index in [1.807, 2.05) is 0 Å². The molecule has 0 spiro atoms. The van der Waals surface area contributed by atoms with Crippen molar-refractivity contribution in [2.45, 2.75) is 19.3 Å². The Bertz CT molecular complexity index is 3990. The summed E-state index contributed by atoms with van der Waals surface area (Å²) in [5.74, 6) is 0. The molecule has 346 valence electrons. The molecule has 73 heavy (non-hydrogen) atoms. The van der Waals surface area contributed by atoms with Gasteiger partial charge in [0.25, 0.3) is 0 Å². The van der Waals surface area contributed by atoms with Crippen LogP contribution in [0.5, 0.6) is 0 Å². The molecule has 0 radical (unpaired) electrons. The van der Waals surface area contributed by atoms with E-state index in [9.17, 15) is 0 Å². The van der Waals surface area contributed by atoms with Crippen molar-refractivity contribution in [3.8, 4) is 55.6 Å². The third-order valence-corrected chi connectivity index (χ3v) is 15.0. The average Bonchev–Trinajstić information content (AvgIpc) is 3.69. The second-order valence-electron chi connectivity index (χ2n) is 19.6. The molecular formula is C71H52N2. The van der Waals surface area contributed by atoms with Crippen molar-refractivity contribution in [2.24, 2.45) is 0 Å². The lowest BCUT2D eigenvalue weighted by Crippen LogP contribution is -2.17. The zero-order valence-corrected chi connectivity index (χ0v) is 41.0. The highest BCUT2D eigenvalue weighted by Gasteiger charge is 2.37. The molecule has 1 aliphatic rings. The highest BCUT2D eigenvalue weighted by Crippen LogP contribution is 2.57. The summed E-state index contributed by atoms with van der Waals surface area (Å²) in [6.07, 6.45) is 0. The van der Waals surface area contributed by atoms with Crippen LogP contribution in [0.15, 0.2) is 279 Å². The Morgan fingerprint density at radius 2 is 0.616 bits per heavy atom. The highest BCUT2D eigenvalue weighted by molar-refractivity contribution is 6.25. The minimum Gasteiger partial charge on any atom is -0.309 e. The molecule has 2 nitrogen and oxygen atoms in total. The molecule has 0 fully saturated rings. The number of hydrogen-bond acceptors (Lipinski definition) is 2. The van der Waals surface area contributed by atoms with Crippen LogP contribution >= 0.6 is 0 Å². The van der Waals surface area contributed by atoms with Crippen LogP contribution in [0.3, 0.4) is 0 Å². The van der Waals surface area contributed by atoms with E-state index in [0.717, 1.165) is 83.7 Å². The van der Waals surface area contributed by atoms with Crippen molar-refractivity contribution >= 4 is 55.7 Å². The molecule has 0 N–H and O–H groups in total. The van der Waals surface area contributed by atoms with Crippen LogP contribution in [0.2, 0.25) is 0 Å². The van der Waals surface area contributed by atoms with Crippen molar-refractivity contribution in [3.63, 3.8) is 0 Å². The fraction of sp³-hybridized carbons (Fsp3) is 0.0423. The average molecular weight is 933 g/mol. The first-order chi connectivity index (χ1) is 36.0. The van der Waals surface area contributed by atoms with Gasteiger partial charge in [-0.2, -0.15) is 0 Å². The molecule has 13 rings (SSSR count). The molecule has 0 atom stereocenters. The van der Waals surface area contributed by atoms with Crippen molar-refractivity contribution in [1.29, 1.82) is 0 Å². The minimum absolute atomic E-state index is 0.257. The van der Waals surface area contributed by atoms with Gasteiger partial charge in [0.1, 0.15) is 0 Å². The molecule has 12 aromatic carbocycles. The van der Waals surface area contributed by atoms with Crippen LogP contribution in [-0.4, -0.2) is 0 Å². The molecule has 0 heterocycles. The summed E-state index contributed by atoms with van der Waals surface area (Å²) >= 11 is 0. The van der Waals surface area contributed by atoms with Crippen LogP contribution in [0, 0.1) is 0 Å². The number of hydrogen-bond donors (Lipinski definition) is 0. The molecule has 0 amide bonds. The maximum absolute atomic E-state index is 2.56. The maximum Gasteiger partial charge on any atom is 0.0620 e. The predicted molar refractivity (Wildman–Crippen MR) is 310 cm³/mol. The lowest BCUT2D eigenvalue weighted by Gasteiger charge is -2.35. The second-order valence-corrected chi connectivity index (χ2v) is 19.6. The van der Waals surface area contributed by atoms with Crippen LogP contribution in [0.25, 0.3) is 77.2 Å². The number of benzene rings is 12. The monoisotopic (exact) mass is 932 g/mol. The largest absolute Gasteiger partial charge is 0.309 e. The Morgan fingerprint density at radius 3 is 1.10 bits per heavy atom. The van der Waals surface area contributed by atoms with Gasteiger partial charge in [0, 0.05) is 49.5 Å². The summed E-state index contributed by atoms with van der Waals surface area (Å²) in [6.45, 7) is 4.79. The Labute approximate surface area is 428 Å². The second kappa shape index (κ2) is 18.2. The van der Waals surface area contributed by atoms with Gasteiger partial charge in [-0.1, -0.05) is 244 Å². The van der Waals surface area contributed by atoms with Crippen LogP contribution in [0.4, 0.5) is 34.1 Å². The first-order valence-corrected chi connectivity index (χ1v) is 25.3. The normalized spacial score (nSPS) is 12.4. The summed E-state index contributed by atoms with van der Waals surface area (Å²) in [7, 11) is 0. The minimum atomic E-state index is -0.257. The maximum atomic E-state index is 2.56. The zero-order chi connectivity index (χ0) is 48.9. The van der Waals surface area contributed by atoms with Gasteiger partial charge in [0.2, 0.25) is 0 Å². The number of rotatable bonds is 10. The molecular weight excluding hydrogens is 881 g/mol. The first-order valence-electron chi connectivity index (χ1n) is 25.3. The summed E-state index contributed by atoms with van der Waals surface area (Å²) < 4.78 is 0. The summed E-state index contributed by atoms with van der Waals surface area (Å²) in [4.78, 5) is 5.11. The zero-order valence-electron chi connectivity index (χ0n) is 41.0.